The maximum atomic E-state index is 11.9. The summed E-state index contributed by atoms with van der Waals surface area (Å²) >= 11 is 0. The van der Waals surface area contributed by atoms with Crippen molar-refractivity contribution in [2.24, 2.45) is 0 Å². The highest BCUT2D eigenvalue weighted by atomic mass is 16.1. The first-order chi connectivity index (χ1) is 8.08. The molecule has 0 atom stereocenters. The first-order valence-corrected chi connectivity index (χ1v) is 5.44. The third kappa shape index (κ3) is 2.35. The molecule has 6 heteroatoms. The molecule has 17 heavy (non-hydrogen) atoms. The number of aromatic amines is 1. The number of aryl methyl sites for hydroxylation is 1. The molecule has 0 spiro atoms. The molecule has 2 heterocycles. The third-order valence-corrected chi connectivity index (χ3v) is 2.45. The molecule has 0 aromatic carbocycles. The Morgan fingerprint density at radius 2 is 2.29 bits per heavy atom. The van der Waals surface area contributed by atoms with Gasteiger partial charge in [0.25, 0.3) is 5.91 Å². The summed E-state index contributed by atoms with van der Waals surface area (Å²) in [4.78, 5) is 11.9. The predicted octanol–water partition coefficient (Wildman–Crippen LogP) is 1.75. The lowest BCUT2D eigenvalue weighted by molar-refractivity contribution is 0.102. The van der Waals surface area contributed by atoms with E-state index in [2.05, 4.69) is 20.6 Å². The minimum absolute atomic E-state index is 0.203. The Bertz CT molecular complexity index is 525. The average Bonchev–Trinajstić information content (AvgIpc) is 2.86. The number of anilines is 1. The van der Waals surface area contributed by atoms with E-state index in [1.54, 1.807) is 17.7 Å². The molecule has 0 aliphatic rings. The van der Waals surface area contributed by atoms with Gasteiger partial charge >= 0.3 is 0 Å². The van der Waals surface area contributed by atoms with Crippen molar-refractivity contribution in [2.75, 3.05) is 5.32 Å². The number of nitrogens with zero attached hydrogens (tertiary/aromatic N) is 3. The van der Waals surface area contributed by atoms with Gasteiger partial charge in [-0.2, -0.15) is 10.2 Å². The molecule has 2 rings (SSSR count). The Kier molecular flexibility index (Phi) is 2.95. The van der Waals surface area contributed by atoms with Gasteiger partial charge < -0.3 is 5.32 Å². The number of carbonyl (C=O) groups is 1. The standard InChI is InChI=1S/C11H15N5O/c1-7(2)16-5-4-10(15-16)13-11(17)9-6-12-14-8(9)3/h4-7H,1-3H3,(H,12,14)(H,13,15,17). The van der Waals surface area contributed by atoms with Gasteiger partial charge in [-0.3, -0.25) is 14.6 Å². The Balaban J connectivity index is 2.11. The summed E-state index contributed by atoms with van der Waals surface area (Å²) in [7, 11) is 0. The molecule has 2 N–H and O–H groups in total. The molecule has 0 saturated carbocycles. The van der Waals surface area contributed by atoms with Crippen LogP contribution >= 0.6 is 0 Å². The van der Waals surface area contributed by atoms with Crippen LogP contribution in [-0.2, 0) is 0 Å². The second kappa shape index (κ2) is 4.40. The monoisotopic (exact) mass is 233 g/mol. The first kappa shape index (κ1) is 11.4. The van der Waals surface area contributed by atoms with Gasteiger partial charge in [-0.15, -0.1) is 0 Å². The maximum absolute atomic E-state index is 11.9. The quantitative estimate of drug-likeness (QED) is 0.848. The van der Waals surface area contributed by atoms with E-state index in [-0.39, 0.29) is 11.9 Å². The van der Waals surface area contributed by atoms with Crippen LogP contribution in [0.25, 0.3) is 0 Å². The van der Waals surface area contributed by atoms with E-state index in [1.165, 1.54) is 6.20 Å². The number of hydrogen-bond acceptors (Lipinski definition) is 3. The molecule has 90 valence electrons. The molecule has 0 bridgehead atoms. The van der Waals surface area contributed by atoms with Gasteiger partial charge in [0.15, 0.2) is 5.82 Å². The molecular weight excluding hydrogens is 218 g/mol. The largest absolute Gasteiger partial charge is 0.305 e. The van der Waals surface area contributed by atoms with Crippen LogP contribution in [0, 0.1) is 6.92 Å². The van der Waals surface area contributed by atoms with Crippen molar-refractivity contribution >= 4 is 11.7 Å². The topological polar surface area (TPSA) is 75.6 Å². The molecule has 0 saturated heterocycles. The fourth-order valence-corrected chi connectivity index (χ4v) is 1.46. The fourth-order valence-electron chi connectivity index (χ4n) is 1.46. The predicted molar refractivity (Wildman–Crippen MR) is 63.9 cm³/mol. The Hall–Kier alpha value is -2.11. The van der Waals surface area contributed by atoms with Crippen molar-refractivity contribution < 1.29 is 4.79 Å². The third-order valence-electron chi connectivity index (χ3n) is 2.45. The second-order valence-corrected chi connectivity index (χ2v) is 4.14. The van der Waals surface area contributed by atoms with Gasteiger partial charge in [0.05, 0.1) is 11.8 Å². The van der Waals surface area contributed by atoms with E-state index in [0.29, 0.717) is 11.4 Å². The molecular formula is C11H15N5O. The summed E-state index contributed by atoms with van der Waals surface area (Å²) in [5.74, 6) is 0.342. The van der Waals surface area contributed by atoms with Gasteiger partial charge in [0, 0.05) is 24.0 Å². The fraction of sp³-hybridized carbons (Fsp3) is 0.364. The summed E-state index contributed by atoms with van der Waals surface area (Å²) in [6, 6.07) is 2.05. The van der Waals surface area contributed by atoms with Gasteiger partial charge in [-0.25, -0.2) is 0 Å². The second-order valence-electron chi connectivity index (χ2n) is 4.14. The normalized spacial score (nSPS) is 10.8. The molecule has 0 aliphatic heterocycles. The van der Waals surface area contributed by atoms with Crippen molar-refractivity contribution in [2.45, 2.75) is 26.8 Å². The average molecular weight is 233 g/mol. The van der Waals surface area contributed by atoms with E-state index in [9.17, 15) is 4.79 Å². The zero-order valence-corrected chi connectivity index (χ0v) is 10.1. The summed E-state index contributed by atoms with van der Waals surface area (Å²) < 4.78 is 1.79. The van der Waals surface area contributed by atoms with Crippen LogP contribution in [0.4, 0.5) is 5.82 Å². The van der Waals surface area contributed by atoms with Crippen molar-refractivity contribution in [3.63, 3.8) is 0 Å². The molecule has 0 fully saturated rings. The lowest BCUT2D eigenvalue weighted by Crippen LogP contribution is -2.13. The zero-order valence-electron chi connectivity index (χ0n) is 10.1. The van der Waals surface area contributed by atoms with Crippen LogP contribution in [0.15, 0.2) is 18.5 Å². The van der Waals surface area contributed by atoms with E-state index in [4.69, 9.17) is 0 Å². The summed E-state index contributed by atoms with van der Waals surface area (Å²) in [6.45, 7) is 5.85. The maximum Gasteiger partial charge on any atom is 0.260 e. The highest BCUT2D eigenvalue weighted by Gasteiger charge is 2.12. The van der Waals surface area contributed by atoms with Crippen molar-refractivity contribution in [1.82, 2.24) is 20.0 Å². The number of hydrogen-bond donors (Lipinski definition) is 2. The van der Waals surface area contributed by atoms with E-state index in [0.717, 1.165) is 5.69 Å². The molecule has 0 radical (unpaired) electrons. The Labute approximate surface area is 99.0 Å². The molecule has 0 unspecified atom stereocenters. The first-order valence-electron chi connectivity index (χ1n) is 5.44. The number of aromatic nitrogens is 4. The molecule has 0 aliphatic carbocycles. The van der Waals surface area contributed by atoms with Crippen LogP contribution in [0.2, 0.25) is 0 Å². The molecule has 2 aromatic heterocycles. The summed E-state index contributed by atoms with van der Waals surface area (Å²) in [6.07, 6.45) is 3.34. The summed E-state index contributed by atoms with van der Waals surface area (Å²) in [5, 5.41) is 13.5. The van der Waals surface area contributed by atoms with E-state index >= 15 is 0 Å². The highest BCUT2D eigenvalue weighted by Crippen LogP contribution is 2.10. The molecule has 1 amide bonds. The number of carbonyl (C=O) groups excluding carboxylic acids is 1. The van der Waals surface area contributed by atoms with Crippen LogP contribution in [0.5, 0.6) is 0 Å². The van der Waals surface area contributed by atoms with Crippen LogP contribution in [0.3, 0.4) is 0 Å². The SMILES string of the molecule is Cc1[nH]ncc1C(=O)Nc1ccn(C(C)C)n1. The van der Waals surface area contributed by atoms with Gasteiger partial charge in [-0.1, -0.05) is 0 Å². The number of H-pyrrole nitrogens is 1. The Morgan fingerprint density at radius 1 is 1.53 bits per heavy atom. The van der Waals surface area contributed by atoms with Gasteiger partial charge in [0.1, 0.15) is 0 Å². The van der Waals surface area contributed by atoms with Gasteiger partial charge in [0.2, 0.25) is 0 Å². The number of nitrogens with one attached hydrogen (secondary N) is 2. The van der Waals surface area contributed by atoms with Crippen molar-refractivity contribution in [3.05, 3.63) is 29.7 Å². The lowest BCUT2D eigenvalue weighted by Gasteiger charge is -2.04. The highest BCUT2D eigenvalue weighted by molar-refractivity contribution is 6.04. The number of amides is 1. The van der Waals surface area contributed by atoms with Crippen LogP contribution in [0.1, 0.15) is 35.9 Å². The molecule has 2 aromatic rings. The van der Waals surface area contributed by atoms with Crippen molar-refractivity contribution in [1.29, 1.82) is 0 Å². The minimum Gasteiger partial charge on any atom is -0.305 e. The molecule has 6 nitrogen and oxygen atoms in total. The summed E-state index contributed by atoms with van der Waals surface area (Å²) in [5.41, 5.74) is 1.27. The van der Waals surface area contributed by atoms with Crippen molar-refractivity contribution in [3.8, 4) is 0 Å². The van der Waals surface area contributed by atoms with Gasteiger partial charge in [-0.05, 0) is 20.8 Å². The lowest BCUT2D eigenvalue weighted by atomic mass is 10.2. The van der Waals surface area contributed by atoms with Crippen LogP contribution < -0.4 is 5.32 Å². The smallest absolute Gasteiger partial charge is 0.260 e. The minimum atomic E-state index is -0.203. The Morgan fingerprint density at radius 3 is 2.82 bits per heavy atom. The van der Waals surface area contributed by atoms with E-state index in [1.807, 2.05) is 20.0 Å². The van der Waals surface area contributed by atoms with E-state index < -0.39 is 0 Å². The zero-order chi connectivity index (χ0) is 12.4. The van der Waals surface area contributed by atoms with Crippen LogP contribution in [-0.4, -0.2) is 25.9 Å². The number of rotatable bonds is 3.